The maximum absolute atomic E-state index is 14.1. The lowest BCUT2D eigenvalue weighted by atomic mass is 9.93. The van der Waals surface area contributed by atoms with Crippen LogP contribution in [0.4, 0.5) is 20.5 Å². The van der Waals surface area contributed by atoms with Crippen molar-refractivity contribution in [1.29, 1.82) is 0 Å². The number of likely N-dealkylation sites (tertiary alicyclic amines) is 2. The largest absolute Gasteiger partial charge is 0.378 e. The third kappa shape index (κ3) is 5.89. The molecule has 1 aliphatic carbocycles. The van der Waals surface area contributed by atoms with E-state index in [0.29, 0.717) is 60.8 Å². The number of fused-ring (bicyclic) bond motifs is 1. The van der Waals surface area contributed by atoms with Gasteiger partial charge in [-0.05, 0) is 82.8 Å². The Morgan fingerprint density at radius 3 is 2.17 bits per heavy atom. The van der Waals surface area contributed by atoms with Crippen LogP contribution >= 0.6 is 0 Å². The summed E-state index contributed by atoms with van der Waals surface area (Å²) in [6.07, 6.45) is 4.96. The Morgan fingerprint density at radius 1 is 0.805 bits per heavy atom. The standard InChI is InChI=1S/C30H40F2N8O/c31-28(32)29-34-24-3-1-2-4-25(24)40(29)27-19-26(39-15-17-41-18-16-39)35-30(36-27)33-20-21-7-11-37(12-8-21)23-9-13-38(14-10-23)22-5-6-22/h1-4,19,21-23,28H,5-18,20H2,(H,33,35,36). The molecule has 3 aliphatic heterocycles. The fraction of sp³-hybridized carbons (Fsp3) is 0.633. The van der Waals surface area contributed by atoms with E-state index >= 15 is 0 Å². The molecule has 1 saturated carbocycles. The molecule has 5 heterocycles. The van der Waals surface area contributed by atoms with Crippen LogP contribution in [0.25, 0.3) is 16.9 Å². The first-order chi connectivity index (χ1) is 20.1. The normalized spacial score (nSPS) is 22.2. The second kappa shape index (κ2) is 11.8. The number of piperidine rings is 2. The predicted octanol–water partition coefficient (Wildman–Crippen LogP) is 4.34. The van der Waals surface area contributed by atoms with Gasteiger partial charge in [-0.1, -0.05) is 12.1 Å². The molecule has 0 spiro atoms. The third-order valence-corrected chi connectivity index (χ3v) is 9.32. The molecule has 9 nitrogen and oxygen atoms in total. The zero-order valence-electron chi connectivity index (χ0n) is 23.6. The molecule has 3 saturated heterocycles. The van der Waals surface area contributed by atoms with Crippen molar-refractivity contribution in [3.05, 3.63) is 36.2 Å². The number of nitrogens with zero attached hydrogens (tertiary/aromatic N) is 7. The molecule has 7 rings (SSSR count). The van der Waals surface area contributed by atoms with E-state index in [1.807, 2.05) is 12.1 Å². The highest BCUT2D eigenvalue weighted by atomic mass is 19.3. The van der Waals surface area contributed by atoms with Crippen molar-refractivity contribution in [1.82, 2.24) is 29.3 Å². The Kier molecular flexibility index (Phi) is 7.75. The first-order valence-corrected chi connectivity index (χ1v) is 15.3. The van der Waals surface area contributed by atoms with Crippen LogP contribution in [0.3, 0.4) is 0 Å². The minimum absolute atomic E-state index is 0.306. The smallest absolute Gasteiger partial charge is 0.296 e. The van der Waals surface area contributed by atoms with Crippen molar-refractivity contribution in [2.24, 2.45) is 5.92 Å². The quantitative estimate of drug-likeness (QED) is 0.432. The number of morpholine rings is 1. The molecule has 0 radical (unpaired) electrons. The van der Waals surface area contributed by atoms with Gasteiger partial charge in [0, 0.05) is 37.8 Å². The van der Waals surface area contributed by atoms with Crippen LogP contribution in [0.2, 0.25) is 0 Å². The van der Waals surface area contributed by atoms with Gasteiger partial charge in [-0.25, -0.2) is 13.8 Å². The Labute approximate surface area is 239 Å². The summed E-state index contributed by atoms with van der Waals surface area (Å²) in [5, 5.41) is 3.49. The number of imidazole rings is 1. The number of rotatable bonds is 8. The van der Waals surface area contributed by atoms with Crippen molar-refractivity contribution in [3.8, 4) is 5.82 Å². The first-order valence-electron chi connectivity index (χ1n) is 15.3. The Morgan fingerprint density at radius 2 is 1.46 bits per heavy atom. The van der Waals surface area contributed by atoms with Crippen LogP contribution in [0.5, 0.6) is 0 Å². The van der Waals surface area contributed by atoms with E-state index < -0.39 is 6.43 Å². The number of alkyl halides is 2. The molecular formula is C30H40F2N8O. The van der Waals surface area contributed by atoms with E-state index in [9.17, 15) is 8.78 Å². The van der Waals surface area contributed by atoms with Crippen LogP contribution < -0.4 is 10.2 Å². The van der Waals surface area contributed by atoms with E-state index in [1.165, 1.54) is 43.3 Å². The lowest BCUT2D eigenvalue weighted by Crippen LogP contribution is -2.48. The van der Waals surface area contributed by atoms with Gasteiger partial charge in [0.25, 0.3) is 6.43 Å². The van der Waals surface area contributed by atoms with Crippen LogP contribution in [-0.4, -0.2) is 100 Å². The highest BCUT2D eigenvalue weighted by molar-refractivity contribution is 5.78. The molecule has 3 aromatic rings. The van der Waals surface area contributed by atoms with Gasteiger partial charge in [0.1, 0.15) is 11.6 Å². The molecule has 220 valence electrons. The van der Waals surface area contributed by atoms with Crippen molar-refractivity contribution in [2.75, 3.05) is 69.2 Å². The second-order valence-electron chi connectivity index (χ2n) is 12.0. The molecule has 0 bridgehead atoms. The summed E-state index contributed by atoms with van der Waals surface area (Å²) in [6, 6.07) is 10.6. The molecule has 0 amide bonds. The van der Waals surface area contributed by atoms with E-state index in [-0.39, 0.29) is 5.82 Å². The van der Waals surface area contributed by atoms with Crippen LogP contribution in [-0.2, 0) is 4.74 Å². The number of hydrogen-bond acceptors (Lipinski definition) is 8. The molecular weight excluding hydrogens is 526 g/mol. The number of aromatic nitrogens is 4. The van der Waals surface area contributed by atoms with Gasteiger partial charge in [0.15, 0.2) is 5.82 Å². The number of halogens is 2. The maximum Gasteiger partial charge on any atom is 0.296 e. The van der Waals surface area contributed by atoms with Gasteiger partial charge in [-0.15, -0.1) is 0 Å². The summed E-state index contributed by atoms with van der Waals surface area (Å²) in [4.78, 5) is 21.4. The van der Waals surface area contributed by atoms with Crippen LogP contribution in [0.15, 0.2) is 30.3 Å². The fourth-order valence-corrected chi connectivity index (χ4v) is 6.82. The molecule has 41 heavy (non-hydrogen) atoms. The van der Waals surface area contributed by atoms with Crippen molar-refractivity contribution < 1.29 is 13.5 Å². The predicted molar refractivity (Wildman–Crippen MR) is 155 cm³/mol. The van der Waals surface area contributed by atoms with Gasteiger partial charge in [0.2, 0.25) is 5.95 Å². The SMILES string of the molecule is FC(F)c1nc2ccccc2n1-c1cc(N2CCOCC2)nc(NCC2CCN(C3CCN(C4CC4)CC3)CC2)n1. The summed E-state index contributed by atoms with van der Waals surface area (Å²) in [5.41, 5.74) is 1.13. The molecule has 4 fully saturated rings. The minimum Gasteiger partial charge on any atom is -0.378 e. The lowest BCUT2D eigenvalue weighted by Gasteiger charge is -2.42. The van der Waals surface area contributed by atoms with Crippen molar-refractivity contribution >= 4 is 22.8 Å². The third-order valence-electron chi connectivity index (χ3n) is 9.32. The Balaban J connectivity index is 1.06. The van der Waals surface area contributed by atoms with Gasteiger partial charge in [-0.2, -0.15) is 9.97 Å². The topological polar surface area (TPSA) is 74.6 Å². The molecule has 0 unspecified atom stereocenters. The van der Waals surface area contributed by atoms with E-state index in [2.05, 4.69) is 25.0 Å². The minimum atomic E-state index is -2.73. The van der Waals surface area contributed by atoms with E-state index in [0.717, 1.165) is 44.6 Å². The van der Waals surface area contributed by atoms with Gasteiger partial charge < -0.3 is 24.8 Å². The molecule has 1 aromatic carbocycles. The Bertz CT molecular complexity index is 1330. The number of anilines is 2. The summed E-state index contributed by atoms with van der Waals surface area (Å²) < 4.78 is 35.3. The molecule has 1 N–H and O–H groups in total. The van der Waals surface area contributed by atoms with Crippen molar-refractivity contribution in [2.45, 2.75) is 57.0 Å². The van der Waals surface area contributed by atoms with Crippen LogP contribution in [0, 0.1) is 5.92 Å². The fourth-order valence-electron chi connectivity index (χ4n) is 6.82. The average molecular weight is 567 g/mol. The number of hydrogen-bond donors (Lipinski definition) is 1. The van der Waals surface area contributed by atoms with Crippen LogP contribution in [0.1, 0.15) is 50.8 Å². The number of para-hydroxylation sites is 2. The van der Waals surface area contributed by atoms with E-state index in [4.69, 9.17) is 14.7 Å². The van der Waals surface area contributed by atoms with Gasteiger partial charge in [-0.3, -0.25) is 4.57 Å². The summed E-state index contributed by atoms with van der Waals surface area (Å²) in [7, 11) is 0. The summed E-state index contributed by atoms with van der Waals surface area (Å²) in [6.45, 7) is 8.17. The summed E-state index contributed by atoms with van der Waals surface area (Å²) in [5.74, 6) is 1.81. The van der Waals surface area contributed by atoms with Gasteiger partial charge in [0.05, 0.1) is 24.2 Å². The highest BCUT2D eigenvalue weighted by Crippen LogP contribution is 2.32. The number of ether oxygens (including phenoxy) is 1. The zero-order chi connectivity index (χ0) is 27.8. The number of nitrogens with one attached hydrogen (secondary N) is 1. The second-order valence-corrected chi connectivity index (χ2v) is 12.0. The first kappa shape index (κ1) is 27.0. The monoisotopic (exact) mass is 566 g/mol. The highest BCUT2D eigenvalue weighted by Gasteiger charge is 2.34. The maximum atomic E-state index is 14.1. The number of benzene rings is 1. The Hall–Kier alpha value is -2.89. The average Bonchev–Trinajstić information content (AvgIpc) is 3.80. The zero-order valence-corrected chi connectivity index (χ0v) is 23.6. The molecule has 2 aromatic heterocycles. The molecule has 0 atom stereocenters. The van der Waals surface area contributed by atoms with Gasteiger partial charge >= 0.3 is 0 Å². The molecule has 11 heteroatoms. The molecule has 4 aliphatic rings. The van der Waals surface area contributed by atoms with E-state index in [1.54, 1.807) is 18.2 Å². The summed E-state index contributed by atoms with van der Waals surface area (Å²) >= 11 is 0. The lowest BCUT2D eigenvalue weighted by molar-refractivity contribution is 0.0769. The van der Waals surface area contributed by atoms with Crippen molar-refractivity contribution in [3.63, 3.8) is 0 Å².